The Hall–Kier alpha value is -0.860. The molecule has 0 heterocycles. The average Bonchev–Trinajstić information content (AvgIpc) is 2.27. The first-order valence-corrected chi connectivity index (χ1v) is 5.51. The van der Waals surface area contributed by atoms with E-state index in [9.17, 15) is 10.2 Å². The van der Waals surface area contributed by atoms with Gasteiger partial charge in [0.05, 0.1) is 6.10 Å². The molecule has 15 heavy (non-hydrogen) atoms. The van der Waals surface area contributed by atoms with Crippen LogP contribution >= 0.6 is 0 Å². The summed E-state index contributed by atoms with van der Waals surface area (Å²) >= 11 is 0. The molecule has 0 saturated carbocycles. The minimum atomic E-state index is -0.782. The Balaban J connectivity index is 2.78. The zero-order valence-corrected chi connectivity index (χ0v) is 9.64. The van der Waals surface area contributed by atoms with Crippen molar-refractivity contribution in [1.29, 1.82) is 0 Å². The molecule has 0 bridgehead atoms. The maximum Gasteiger partial charge on any atom is 0.105 e. The van der Waals surface area contributed by atoms with E-state index in [0.29, 0.717) is 0 Å². The van der Waals surface area contributed by atoms with Crippen LogP contribution in [0.1, 0.15) is 38.0 Å². The summed E-state index contributed by atoms with van der Waals surface area (Å²) in [5, 5.41) is 19.6. The Bertz CT molecular complexity index is 290. The molecule has 1 aromatic carbocycles. The third-order valence-electron chi connectivity index (χ3n) is 2.74. The van der Waals surface area contributed by atoms with E-state index in [0.717, 1.165) is 12.0 Å². The van der Waals surface area contributed by atoms with Crippen molar-refractivity contribution in [3.8, 4) is 0 Å². The topological polar surface area (TPSA) is 40.5 Å². The Morgan fingerprint density at radius 2 is 1.60 bits per heavy atom. The Morgan fingerprint density at radius 1 is 1.07 bits per heavy atom. The summed E-state index contributed by atoms with van der Waals surface area (Å²) in [5.74, 6) is 0.0610. The number of aryl methyl sites for hydroxylation is 1. The van der Waals surface area contributed by atoms with Gasteiger partial charge in [0.25, 0.3) is 0 Å². The van der Waals surface area contributed by atoms with Crippen molar-refractivity contribution < 1.29 is 10.2 Å². The average molecular weight is 208 g/mol. The second-order valence-electron chi connectivity index (χ2n) is 4.27. The Kier molecular flexibility index (Phi) is 4.30. The predicted octanol–water partition coefficient (Wildman–Crippen LogP) is 2.30. The molecule has 0 amide bonds. The number of hydrogen-bond acceptors (Lipinski definition) is 2. The van der Waals surface area contributed by atoms with Gasteiger partial charge in [-0.25, -0.2) is 0 Å². The summed E-state index contributed by atoms with van der Waals surface area (Å²) in [6.45, 7) is 5.89. The van der Waals surface area contributed by atoms with E-state index >= 15 is 0 Å². The Labute approximate surface area is 91.6 Å². The lowest BCUT2D eigenvalue weighted by Crippen LogP contribution is -2.23. The highest BCUT2D eigenvalue weighted by atomic mass is 16.3. The first kappa shape index (κ1) is 12.2. The molecular weight excluding hydrogens is 188 g/mol. The summed E-state index contributed by atoms with van der Waals surface area (Å²) in [4.78, 5) is 0. The van der Waals surface area contributed by atoms with Crippen LogP contribution < -0.4 is 0 Å². The molecule has 0 fully saturated rings. The first-order chi connectivity index (χ1) is 7.06. The van der Waals surface area contributed by atoms with Gasteiger partial charge in [-0.2, -0.15) is 0 Å². The van der Waals surface area contributed by atoms with E-state index in [1.807, 2.05) is 38.1 Å². The standard InChI is InChI=1S/C13H20O2/c1-4-10-5-7-11(8-6-10)13(15)12(14)9(2)3/h5-9,12-15H,4H2,1-3H3. The van der Waals surface area contributed by atoms with Gasteiger partial charge in [-0.3, -0.25) is 0 Å². The van der Waals surface area contributed by atoms with Crippen molar-refractivity contribution in [1.82, 2.24) is 0 Å². The van der Waals surface area contributed by atoms with Crippen molar-refractivity contribution >= 4 is 0 Å². The fraction of sp³-hybridized carbons (Fsp3) is 0.538. The van der Waals surface area contributed by atoms with Crippen LogP contribution in [0.15, 0.2) is 24.3 Å². The molecule has 0 aliphatic carbocycles. The molecule has 0 saturated heterocycles. The highest BCUT2D eigenvalue weighted by Crippen LogP contribution is 2.22. The summed E-state index contributed by atoms with van der Waals surface area (Å²) < 4.78 is 0. The molecule has 2 nitrogen and oxygen atoms in total. The lowest BCUT2D eigenvalue weighted by molar-refractivity contribution is -0.00940. The van der Waals surface area contributed by atoms with Gasteiger partial charge >= 0.3 is 0 Å². The molecular formula is C13H20O2. The van der Waals surface area contributed by atoms with E-state index in [1.165, 1.54) is 5.56 Å². The third-order valence-corrected chi connectivity index (χ3v) is 2.74. The molecule has 2 atom stereocenters. The number of rotatable bonds is 4. The van der Waals surface area contributed by atoms with Crippen molar-refractivity contribution in [2.75, 3.05) is 0 Å². The number of aliphatic hydroxyl groups is 2. The monoisotopic (exact) mass is 208 g/mol. The zero-order valence-electron chi connectivity index (χ0n) is 9.64. The van der Waals surface area contributed by atoms with Crippen LogP contribution in [0.5, 0.6) is 0 Å². The largest absolute Gasteiger partial charge is 0.390 e. The van der Waals surface area contributed by atoms with Gasteiger partial charge in [-0.1, -0.05) is 45.0 Å². The van der Waals surface area contributed by atoms with Gasteiger partial charge in [0, 0.05) is 0 Å². The van der Waals surface area contributed by atoms with E-state index < -0.39 is 12.2 Å². The molecule has 2 N–H and O–H groups in total. The summed E-state index contributed by atoms with van der Waals surface area (Å²) in [7, 11) is 0. The van der Waals surface area contributed by atoms with Crippen LogP contribution in [-0.2, 0) is 6.42 Å². The van der Waals surface area contributed by atoms with Gasteiger partial charge in [0.1, 0.15) is 6.10 Å². The molecule has 2 heteroatoms. The van der Waals surface area contributed by atoms with E-state index in [2.05, 4.69) is 6.92 Å². The second kappa shape index (κ2) is 5.29. The molecule has 84 valence electrons. The van der Waals surface area contributed by atoms with Crippen LogP contribution in [0.3, 0.4) is 0 Å². The fourth-order valence-corrected chi connectivity index (χ4v) is 1.51. The van der Waals surface area contributed by atoms with Gasteiger partial charge in [0.2, 0.25) is 0 Å². The fourth-order valence-electron chi connectivity index (χ4n) is 1.51. The molecule has 0 aliphatic rings. The lowest BCUT2D eigenvalue weighted by atomic mass is 9.95. The van der Waals surface area contributed by atoms with Gasteiger partial charge in [-0.15, -0.1) is 0 Å². The summed E-state index contributed by atoms with van der Waals surface area (Å²) in [6, 6.07) is 7.75. The van der Waals surface area contributed by atoms with Crippen LogP contribution in [0.25, 0.3) is 0 Å². The highest BCUT2D eigenvalue weighted by Gasteiger charge is 2.20. The molecule has 0 aromatic heterocycles. The van der Waals surface area contributed by atoms with Gasteiger partial charge in [-0.05, 0) is 23.5 Å². The molecule has 1 aromatic rings. The zero-order chi connectivity index (χ0) is 11.4. The predicted molar refractivity (Wildman–Crippen MR) is 61.6 cm³/mol. The van der Waals surface area contributed by atoms with Crippen molar-refractivity contribution in [3.05, 3.63) is 35.4 Å². The Morgan fingerprint density at radius 3 is 2.00 bits per heavy atom. The molecule has 0 radical (unpaired) electrons. The smallest absolute Gasteiger partial charge is 0.105 e. The maximum atomic E-state index is 9.87. The summed E-state index contributed by atoms with van der Waals surface area (Å²) in [5.41, 5.74) is 2.03. The van der Waals surface area contributed by atoms with Gasteiger partial charge < -0.3 is 10.2 Å². The van der Waals surface area contributed by atoms with Crippen LogP contribution in [0.2, 0.25) is 0 Å². The van der Waals surface area contributed by atoms with E-state index in [1.54, 1.807) is 0 Å². The highest BCUT2D eigenvalue weighted by molar-refractivity contribution is 5.24. The summed E-state index contributed by atoms with van der Waals surface area (Å²) in [6.07, 6.45) is -0.489. The SMILES string of the molecule is CCc1ccc(C(O)C(O)C(C)C)cc1. The van der Waals surface area contributed by atoms with Crippen LogP contribution in [0.4, 0.5) is 0 Å². The molecule has 2 unspecified atom stereocenters. The van der Waals surface area contributed by atoms with Crippen molar-refractivity contribution in [3.63, 3.8) is 0 Å². The molecule has 1 rings (SSSR count). The second-order valence-corrected chi connectivity index (χ2v) is 4.27. The third kappa shape index (κ3) is 3.05. The maximum absolute atomic E-state index is 9.87. The number of aliphatic hydroxyl groups excluding tert-OH is 2. The van der Waals surface area contributed by atoms with Gasteiger partial charge in [0.15, 0.2) is 0 Å². The van der Waals surface area contributed by atoms with Crippen molar-refractivity contribution in [2.24, 2.45) is 5.92 Å². The normalized spacial score (nSPS) is 15.3. The first-order valence-electron chi connectivity index (χ1n) is 5.51. The van der Waals surface area contributed by atoms with Crippen LogP contribution in [0, 0.1) is 5.92 Å². The number of benzene rings is 1. The minimum absolute atomic E-state index is 0.0610. The number of hydrogen-bond donors (Lipinski definition) is 2. The lowest BCUT2D eigenvalue weighted by Gasteiger charge is -2.21. The quantitative estimate of drug-likeness (QED) is 0.797. The molecule has 0 aliphatic heterocycles. The van der Waals surface area contributed by atoms with Crippen molar-refractivity contribution in [2.45, 2.75) is 39.4 Å². The molecule has 0 spiro atoms. The minimum Gasteiger partial charge on any atom is -0.390 e. The van der Waals surface area contributed by atoms with E-state index in [-0.39, 0.29) is 5.92 Å². The van der Waals surface area contributed by atoms with E-state index in [4.69, 9.17) is 0 Å². The van der Waals surface area contributed by atoms with Crippen LogP contribution in [-0.4, -0.2) is 16.3 Å².